The van der Waals surface area contributed by atoms with Crippen molar-refractivity contribution in [2.75, 3.05) is 31.2 Å². The fourth-order valence-electron chi connectivity index (χ4n) is 3.38. The fourth-order valence-corrected chi connectivity index (χ4v) is 3.38. The van der Waals surface area contributed by atoms with E-state index in [1.165, 1.54) is 17.9 Å². The van der Waals surface area contributed by atoms with Gasteiger partial charge in [0.2, 0.25) is 5.84 Å². The van der Waals surface area contributed by atoms with Crippen molar-refractivity contribution in [1.29, 1.82) is 0 Å². The Morgan fingerprint density at radius 2 is 1.80 bits per heavy atom. The summed E-state index contributed by atoms with van der Waals surface area (Å²) in [6.45, 7) is 4.98. The maximum absolute atomic E-state index is 12.9. The predicted molar refractivity (Wildman–Crippen MR) is 95.1 cm³/mol. The third kappa shape index (κ3) is 3.24. The van der Waals surface area contributed by atoms with Gasteiger partial charge >= 0.3 is 0 Å². The second-order valence-corrected chi connectivity index (χ2v) is 6.83. The fraction of sp³-hybridized carbons (Fsp3) is 0.500. The van der Waals surface area contributed by atoms with E-state index in [1.54, 1.807) is 6.92 Å². The van der Waals surface area contributed by atoms with Crippen molar-refractivity contribution in [3.63, 3.8) is 0 Å². The molecule has 0 radical (unpaired) electrons. The minimum Gasteiger partial charge on any atom is -0.333 e. The minimum absolute atomic E-state index is 0.129. The van der Waals surface area contributed by atoms with Crippen LogP contribution in [0.1, 0.15) is 19.8 Å². The number of hydrazine groups is 1. The molecule has 1 unspecified atom stereocenters. The molecule has 1 saturated heterocycles. The molecule has 2 aliphatic heterocycles. The lowest BCUT2D eigenvalue weighted by atomic mass is 10.2. The summed E-state index contributed by atoms with van der Waals surface area (Å²) in [4.78, 5) is 33.9. The molecule has 1 aromatic rings. The molecule has 0 spiro atoms. The smallest absolute Gasteiger partial charge is 0.290 e. The third-order valence-corrected chi connectivity index (χ3v) is 5.00. The van der Waals surface area contributed by atoms with Gasteiger partial charge in [0.05, 0.1) is 5.69 Å². The first-order valence-corrected chi connectivity index (χ1v) is 8.90. The Balaban J connectivity index is 1.46. The molecular weight excluding hydrogens is 318 g/mol. The maximum atomic E-state index is 12.9. The van der Waals surface area contributed by atoms with Crippen LogP contribution in [0.3, 0.4) is 0 Å². The van der Waals surface area contributed by atoms with Gasteiger partial charge in [0.25, 0.3) is 11.8 Å². The van der Waals surface area contributed by atoms with Gasteiger partial charge < -0.3 is 4.90 Å². The van der Waals surface area contributed by atoms with Crippen molar-refractivity contribution in [3.05, 3.63) is 30.3 Å². The van der Waals surface area contributed by atoms with E-state index in [9.17, 15) is 9.59 Å². The topological polar surface area (TPSA) is 68.2 Å². The molecule has 1 aliphatic carbocycles. The molecule has 4 rings (SSSR count). The molecule has 7 nitrogen and oxygen atoms in total. The molecular formula is C18H23N5O2. The Hall–Kier alpha value is -2.41. The second kappa shape index (κ2) is 6.48. The van der Waals surface area contributed by atoms with Crippen molar-refractivity contribution in [2.24, 2.45) is 4.99 Å². The number of carbonyl (C=O) groups excluding carboxylic acids is 2. The summed E-state index contributed by atoms with van der Waals surface area (Å²) in [5, 5.41) is 1.42. The van der Waals surface area contributed by atoms with E-state index in [1.807, 2.05) is 35.2 Å². The molecule has 1 saturated carbocycles. The molecule has 1 atom stereocenters. The zero-order valence-electron chi connectivity index (χ0n) is 14.4. The molecule has 0 aromatic heterocycles. The Labute approximate surface area is 147 Å². The number of amides is 2. The van der Waals surface area contributed by atoms with E-state index in [0.29, 0.717) is 18.8 Å². The number of para-hydroxylation sites is 1. The first-order valence-electron chi connectivity index (χ1n) is 8.90. The predicted octanol–water partition coefficient (Wildman–Crippen LogP) is 0.631. The number of piperazine rings is 1. The Morgan fingerprint density at radius 1 is 1.12 bits per heavy atom. The summed E-state index contributed by atoms with van der Waals surface area (Å²) >= 11 is 0. The number of benzene rings is 1. The van der Waals surface area contributed by atoms with E-state index >= 15 is 0 Å². The number of aliphatic imine (C=N–C) groups is 1. The van der Waals surface area contributed by atoms with Crippen LogP contribution in [0.25, 0.3) is 0 Å². The van der Waals surface area contributed by atoms with Gasteiger partial charge in [0.15, 0.2) is 0 Å². The lowest BCUT2D eigenvalue weighted by molar-refractivity contribution is -0.126. The van der Waals surface area contributed by atoms with Gasteiger partial charge in [0, 0.05) is 32.2 Å². The molecule has 25 heavy (non-hydrogen) atoms. The van der Waals surface area contributed by atoms with Gasteiger partial charge in [-0.2, -0.15) is 0 Å². The summed E-state index contributed by atoms with van der Waals surface area (Å²) in [5.74, 6) is -0.0483. The van der Waals surface area contributed by atoms with Crippen LogP contribution in [0.15, 0.2) is 35.3 Å². The molecule has 7 heteroatoms. The number of rotatable bonds is 3. The lowest BCUT2D eigenvalue weighted by Gasteiger charge is -2.37. The Kier molecular flexibility index (Phi) is 4.17. The van der Waals surface area contributed by atoms with Crippen LogP contribution in [-0.4, -0.2) is 65.7 Å². The lowest BCUT2D eigenvalue weighted by Crippen LogP contribution is -2.60. The molecule has 2 fully saturated rings. The highest BCUT2D eigenvalue weighted by atomic mass is 16.2. The quantitative estimate of drug-likeness (QED) is 0.876. The van der Waals surface area contributed by atoms with Crippen LogP contribution in [0.5, 0.6) is 0 Å². The van der Waals surface area contributed by atoms with Crippen LogP contribution in [-0.2, 0) is 9.59 Å². The SMILES string of the molecule is CC1N=C(C(=O)N2CCN(C3CC3)CC2)NN(c2ccccc2)C1=O. The standard InChI is InChI=1S/C18H23N5O2/c1-13-17(24)23(15-5-3-2-4-6-15)20-16(19-13)18(25)22-11-9-21(10-12-22)14-7-8-14/h2-6,13-14H,7-12H2,1H3,(H,19,20). The maximum Gasteiger partial charge on any atom is 0.290 e. The third-order valence-electron chi connectivity index (χ3n) is 5.00. The van der Waals surface area contributed by atoms with Crippen LogP contribution in [0.4, 0.5) is 5.69 Å². The van der Waals surface area contributed by atoms with Crippen molar-refractivity contribution < 1.29 is 9.59 Å². The average Bonchev–Trinajstić information content (AvgIpc) is 3.49. The van der Waals surface area contributed by atoms with Crippen LogP contribution < -0.4 is 10.4 Å². The number of carbonyl (C=O) groups is 2. The van der Waals surface area contributed by atoms with E-state index in [-0.39, 0.29) is 17.6 Å². The van der Waals surface area contributed by atoms with Crippen molar-refractivity contribution >= 4 is 23.3 Å². The van der Waals surface area contributed by atoms with E-state index in [4.69, 9.17) is 0 Å². The summed E-state index contributed by atoms with van der Waals surface area (Å²) in [6, 6.07) is 9.43. The van der Waals surface area contributed by atoms with Crippen molar-refractivity contribution in [3.8, 4) is 0 Å². The Bertz CT molecular complexity index is 693. The Morgan fingerprint density at radius 3 is 2.44 bits per heavy atom. The molecule has 2 heterocycles. The van der Waals surface area contributed by atoms with Crippen LogP contribution >= 0.6 is 0 Å². The number of hydrogen-bond donors (Lipinski definition) is 1. The van der Waals surface area contributed by atoms with Gasteiger partial charge in [-0.3, -0.25) is 19.9 Å². The van der Waals surface area contributed by atoms with Gasteiger partial charge in [-0.05, 0) is 31.9 Å². The first kappa shape index (κ1) is 16.1. The molecule has 1 aromatic carbocycles. The highest BCUT2D eigenvalue weighted by molar-refractivity contribution is 6.39. The van der Waals surface area contributed by atoms with Crippen molar-refractivity contribution in [1.82, 2.24) is 15.2 Å². The van der Waals surface area contributed by atoms with Gasteiger partial charge in [-0.25, -0.2) is 10.0 Å². The largest absolute Gasteiger partial charge is 0.333 e. The zero-order valence-corrected chi connectivity index (χ0v) is 14.4. The summed E-state index contributed by atoms with van der Waals surface area (Å²) in [6.07, 6.45) is 2.57. The highest BCUT2D eigenvalue weighted by Crippen LogP contribution is 2.27. The van der Waals surface area contributed by atoms with Crippen LogP contribution in [0.2, 0.25) is 0 Å². The van der Waals surface area contributed by atoms with Gasteiger partial charge in [0.1, 0.15) is 6.04 Å². The average molecular weight is 341 g/mol. The van der Waals surface area contributed by atoms with E-state index < -0.39 is 6.04 Å². The minimum atomic E-state index is -0.576. The second-order valence-electron chi connectivity index (χ2n) is 6.83. The highest BCUT2D eigenvalue weighted by Gasteiger charge is 2.36. The summed E-state index contributed by atoms with van der Waals surface area (Å²) < 4.78 is 0. The molecule has 0 bridgehead atoms. The van der Waals surface area contributed by atoms with E-state index in [0.717, 1.165) is 19.1 Å². The van der Waals surface area contributed by atoms with E-state index in [2.05, 4.69) is 15.3 Å². The van der Waals surface area contributed by atoms with Crippen molar-refractivity contribution in [2.45, 2.75) is 31.8 Å². The number of anilines is 1. The summed E-state index contributed by atoms with van der Waals surface area (Å²) in [7, 11) is 0. The number of nitrogens with zero attached hydrogens (tertiary/aromatic N) is 4. The number of nitrogens with one attached hydrogen (secondary N) is 1. The monoisotopic (exact) mass is 341 g/mol. The zero-order chi connectivity index (χ0) is 17.4. The van der Waals surface area contributed by atoms with Gasteiger partial charge in [-0.1, -0.05) is 18.2 Å². The molecule has 2 amide bonds. The van der Waals surface area contributed by atoms with Crippen LogP contribution in [0, 0.1) is 0 Å². The molecule has 3 aliphatic rings. The summed E-state index contributed by atoms with van der Waals surface area (Å²) in [5.41, 5.74) is 3.63. The first-order chi connectivity index (χ1) is 12.1. The normalized spacial score (nSPS) is 24.8. The van der Waals surface area contributed by atoms with Gasteiger partial charge in [-0.15, -0.1) is 0 Å². The number of hydrogen-bond acceptors (Lipinski definition) is 5. The molecule has 1 N–H and O–H groups in total. The molecule has 132 valence electrons. The number of amidine groups is 1.